The fourth-order valence-corrected chi connectivity index (χ4v) is 4.09. The molecule has 0 radical (unpaired) electrons. The molecule has 0 bridgehead atoms. The third-order valence-electron chi connectivity index (χ3n) is 6.99. The van der Waals surface area contributed by atoms with Crippen LogP contribution < -0.4 is 14.7 Å². The molecule has 0 aliphatic heterocycles. The van der Waals surface area contributed by atoms with Crippen molar-refractivity contribution in [2.24, 2.45) is 0 Å². The molecule has 0 amide bonds. The van der Waals surface area contributed by atoms with Gasteiger partial charge in [-0.2, -0.15) is 15.0 Å². The topological polar surface area (TPSA) is 272 Å². The molecule has 0 aliphatic carbocycles. The van der Waals surface area contributed by atoms with Crippen LogP contribution in [0.4, 0.5) is 17.8 Å². The van der Waals surface area contributed by atoms with Crippen molar-refractivity contribution in [3.8, 4) is 0 Å². The van der Waals surface area contributed by atoms with Crippen LogP contribution in [0.25, 0.3) is 0 Å². The number of aliphatic hydroxyl groups is 6. The van der Waals surface area contributed by atoms with Gasteiger partial charge in [0.25, 0.3) is 0 Å². The molecule has 1 aromatic rings. The largest absolute Gasteiger partial charge is 0.383 e. The van der Waals surface area contributed by atoms with Gasteiger partial charge < -0.3 is 45.3 Å². The molecule has 1 rings (SSSR count). The van der Waals surface area contributed by atoms with E-state index in [-0.39, 0.29) is 0 Å². The summed E-state index contributed by atoms with van der Waals surface area (Å²) in [5.41, 5.74) is 0. The molecule has 1 heterocycles. The molecule has 6 unspecified atom stereocenters. The van der Waals surface area contributed by atoms with Crippen LogP contribution >= 0.6 is 0 Å². The number of anilines is 3. The predicted octanol–water partition coefficient (Wildman–Crippen LogP) is -3.01. The normalized spacial score (nSPS) is 14.2. The minimum absolute atomic E-state index is 0.556. The lowest BCUT2D eigenvalue weighted by Gasteiger charge is -2.32. The average Bonchev–Trinajstić information content (AvgIpc) is 3.13. The fourth-order valence-electron chi connectivity index (χ4n) is 4.09. The number of nitrogens with zero attached hydrogens (tertiary/aromatic N) is 6. The third kappa shape index (κ3) is 13.1. The van der Waals surface area contributed by atoms with Crippen molar-refractivity contribution in [1.82, 2.24) is 15.0 Å². The van der Waals surface area contributed by atoms with E-state index in [1.165, 1.54) is 0 Å². The first-order valence-electron chi connectivity index (χ1n) is 15.0. The van der Waals surface area contributed by atoms with Gasteiger partial charge >= 0.3 is 0 Å². The quantitative estimate of drug-likeness (QED) is 0.0495. The summed E-state index contributed by atoms with van der Waals surface area (Å²) in [7, 11) is 0. The lowest BCUT2D eigenvalue weighted by Crippen LogP contribution is -2.47. The fraction of sp³-hybridized carbons (Fsp3) is 0.364. The Morgan fingerprint density at radius 3 is 0.647 bits per heavy atom. The van der Waals surface area contributed by atoms with E-state index in [4.69, 9.17) is 0 Å². The SMILES string of the molecule is C=CC(=O)C(O)CN(CC(O)C(=O)C=C)c1nc(N(CC(O)C(=O)C=C)CC(O)C(=O)C=C)nc(N(CC(O)C(=O)C=C)CC(O)C(=O)C=C)n1. The van der Waals surface area contributed by atoms with Crippen molar-refractivity contribution in [2.45, 2.75) is 36.6 Å². The van der Waals surface area contributed by atoms with Gasteiger partial charge in [-0.05, 0) is 36.5 Å². The van der Waals surface area contributed by atoms with Gasteiger partial charge in [-0.15, -0.1) is 0 Å². The van der Waals surface area contributed by atoms with Crippen LogP contribution in [0.5, 0.6) is 0 Å². The Bertz CT molecular complexity index is 1260. The minimum Gasteiger partial charge on any atom is -0.383 e. The second-order valence-electron chi connectivity index (χ2n) is 10.7. The summed E-state index contributed by atoms with van der Waals surface area (Å²) in [6.07, 6.45) is -6.27. The maximum atomic E-state index is 12.3. The third-order valence-corrected chi connectivity index (χ3v) is 6.99. The Morgan fingerprint density at radius 1 is 0.392 bits per heavy atom. The first-order chi connectivity index (χ1) is 24.0. The molecule has 51 heavy (non-hydrogen) atoms. The highest BCUT2D eigenvalue weighted by atomic mass is 16.3. The number of carbonyl (C=O) groups excluding carboxylic acids is 6. The second kappa shape index (κ2) is 21.0. The van der Waals surface area contributed by atoms with Crippen molar-refractivity contribution in [2.75, 3.05) is 54.0 Å². The number of rotatable bonds is 27. The van der Waals surface area contributed by atoms with Crippen LogP contribution in [0.15, 0.2) is 75.9 Å². The van der Waals surface area contributed by atoms with Crippen molar-refractivity contribution < 1.29 is 59.4 Å². The van der Waals surface area contributed by atoms with E-state index in [1.807, 2.05) is 0 Å². The van der Waals surface area contributed by atoms with Crippen LogP contribution in [-0.2, 0) is 28.8 Å². The molecule has 1 aromatic heterocycles. The molecule has 6 atom stereocenters. The zero-order valence-electron chi connectivity index (χ0n) is 27.7. The molecule has 6 N–H and O–H groups in total. The van der Waals surface area contributed by atoms with E-state index in [9.17, 15) is 59.4 Å². The summed E-state index contributed by atoms with van der Waals surface area (Å²) < 4.78 is 0. The zero-order chi connectivity index (χ0) is 39.0. The summed E-state index contributed by atoms with van der Waals surface area (Å²) in [6, 6.07) is 0. The Hall–Kier alpha value is -5.37. The highest BCUT2D eigenvalue weighted by molar-refractivity contribution is 5.96. The standard InChI is InChI=1S/C33H42N6O12/c1-7-19(40)25(46)13-37(14-26(47)20(41)8-2)31-34-32(38(15-27(48)21(42)9-3)16-28(49)22(43)10-4)36-33(35-31)39(17-29(50)23(44)11-5)18-30(51)24(45)12-6/h7-12,25-30,46-51H,1-6,13-18H2. The maximum Gasteiger partial charge on any atom is 0.232 e. The van der Waals surface area contributed by atoms with Gasteiger partial charge in [0.1, 0.15) is 36.6 Å². The van der Waals surface area contributed by atoms with Crippen molar-refractivity contribution in [3.05, 3.63) is 75.9 Å². The van der Waals surface area contributed by atoms with Gasteiger partial charge in [-0.3, -0.25) is 28.8 Å². The summed E-state index contributed by atoms with van der Waals surface area (Å²) in [6.45, 7) is 15.6. The number of carbonyl (C=O) groups is 6. The summed E-state index contributed by atoms with van der Waals surface area (Å²) in [5.74, 6) is -7.02. The van der Waals surface area contributed by atoms with Crippen molar-refractivity contribution in [3.63, 3.8) is 0 Å². The molecule has 0 saturated carbocycles. The predicted molar refractivity (Wildman–Crippen MR) is 184 cm³/mol. The summed E-state index contributed by atoms with van der Waals surface area (Å²) >= 11 is 0. The van der Waals surface area contributed by atoms with Gasteiger partial charge in [-0.25, -0.2) is 0 Å². The Balaban J connectivity index is 4.24. The molecule has 0 aliphatic rings. The van der Waals surface area contributed by atoms with Gasteiger partial charge in [-0.1, -0.05) is 39.5 Å². The maximum absolute atomic E-state index is 12.3. The van der Waals surface area contributed by atoms with Crippen molar-refractivity contribution >= 4 is 52.5 Å². The van der Waals surface area contributed by atoms with E-state index >= 15 is 0 Å². The summed E-state index contributed by atoms with van der Waals surface area (Å²) in [5, 5.41) is 63.5. The number of aromatic nitrogens is 3. The molecule has 0 aromatic carbocycles. The minimum atomic E-state index is -1.84. The first-order valence-corrected chi connectivity index (χ1v) is 15.0. The average molecular weight is 715 g/mol. The van der Waals surface area contributed by atoms with E-state index in [1.54, 1.807) is 0 Å². The number of hydrogen-bond acceptors (Lipinski definition) is 18. The molecule has 0 fully saturated rings. The van der Waals surface area contributed by atoms with Crippen LogP contribution in [0.3, 0.4) is 0 Å². The lowest BCUT2D eigenvalue weighted by atomic mass is 10.1. The van der Waals surface area contributed by atoms with Crippen LogP contribution in [-0.4, -0.2) is 156 Å². The van der Waals surface area contributed by atoms with E-state index in [0.717, 1.165) is 51.2 Å². The van der Waals surface area contributed by atoms with E-state index in [0.29, 0.717) is 0 Å². The van der Waals surface area contributed by atoms with Gasteiger partial charge in [0, 0.05) is 0 Å². The molecular formula is C33H42N6O12. The Kier molecular flexibility index (Phi) is 18.0. The summed E-state index contributed by atoms with van der Waals surface area (Å²) in [4.78, 5) is 89.2. The number of ketones is 6. The first kappa shape index (κ1) is 43.7. The van der Waals surface area contributed by atoms with Crippen LogP contribution in [0.1, 0.15) is 0 Å². The van der Waals surface area contributed by atoms with Crippen LogP contribution in [0.2, 0.25) is 0 Å². The lowest BCUT2D eigenvalue weighted by molar-refractivity contribution is -0.123. The van der Waals surface area contributed by atoms with E-state index in [2.05, 4.69) is 54.4 Å². The molecule has 276 valence electrons. The second-order valence-corrected chi connectivity index (χ2v) is 10.7. The van der Waals surface area contributed by atoms with Gasteiger partial charge in [0.2, 0.25) is 17.8 Å². The molecular weight excluding hydrogens is 672 g/mol. The number of hydrogen-bond donors (Lipinski definition) is 6. The Morgan fingerprint density at radius 2 is 0.529 bits per heavy atom. The van der Waals surface area contributed by atoms with E-state index < -0.39 is 128 Å². The van der Waals surface area contributed by atoms with Gasteiger partial charge in [0.15, 0.2) is 34.7 Å². The van der Waals surface area contributed by atoms with Crippen molar-refractivity contribution in [1.29, 1.82) is 0 Å². The van der Waals surface area contributed by atoms with Gasteiger partial charge in [0.05, 0.1) is 39.3 Å². The molecule has 0 spiro atoms. The number of aliphatic hydroxyl groups excluding tert-OH is 6. The molecule has 18 nitrogen and oxygen atoms in total. The smallest absolute Gasteiger partial charge is 0.232 e. The highest BCUT2D eigenvalue weighted by Crippen LogP contribution is 2.22. The highest BCUT2D eigenvalue weighted by Gasteiger charge is 2.31. The van der Waals surface area contributed by atoms with Crippen LogP contribution in [0, 0.1) is 0 Å². The Labute approximate surface area is 293 Å². The monoisotopic (exact) mass is 714 g/mol. The molecule has 18 heteroatoms. The zero-order valence-corrected chi connectivity index (χ0v) is 27.7. The molecule has 0 saturated heterocycles.